The van der Waals surface area contributed by atoms with Crippen LogP contribution in [0.15, 0.2) is 42.5 Å². The van der Waals surface area contributed by atoms with Crippen LogP contribution in [0.5, 0.6) is 11.5 Å². The number of benzene rings is 2. The number of rotatable bonds is 9. The summed E-state index contributed by atoms with van der Waals surface area (Å²) in [4.78, 5) is 12.8. The molecule has 0 aromatic heterocycles. The van der Waals surface area contributed by atoms with Gasteiger partial charge in [-0.3, -0.25) is 10.1 Å². The summed E-state index contributed by atoms with van der Waals surface area (Å²) in [6.07, 6.45) is 2.02. The highest BCUT2D eigenvalue weighted by atomic mass is 16.6. The summed E-state index contributed by atoms with van der Waals surface area (Å²) >= 11 is 0. The average Bonchev–Trinajstić information content (AvgIpc) is 2.60. The van der Waals surface area contributed by atoms with Crippen molar-refractivity contribution < 1.29 is 14.4 Å². The highest BCUT2D eigenvalue weighted by Crippen LogP contribution is 2.28. The molecule has 0 saturated carbocycles. The third kappa shape index (κ3) is 5.46. The van der Waals surface area contributed by atoms with Crippen molar-refractivity contribution in [2.75, 3.05) is 27.7 Å². The molecule has 0 fully saturated rings. The highest BCUT2D eigenvalue weighted by Gasteiger charge is 2.14. The van der Waals surface area contributed by atoms with Gasteiger partial charge in [0.25, 0.3) is 0 Å². The Morgan fingerprint density at radius 2 is 1.88 bits per heavy atom. The van der Waals surface area contributed by atoms with E-state index >= 15 is 0 Å². The monoisotopic (exact) mass is 344 g/mol. The Balaban J connectivity index is 2.11. The van der Waals surface area contributed by atoms with Gasteiger partial charge in [-0.05, 0) is 57.2 Å². The van der Waals surface area contributed by atoms with Crippen molar-refractivity contribution in [2.24, 2.45) is 0 Å². The maximum Gasteiger partial charge on any atom is 0.310 e. The number of nitro benzene ring substituents is 1. The Hall–Kier alpha value is -2.60. The third-order valence-corrected chi connectivity index (χ3v) is 3.86. The fourth-order valence-corrected chi connectivity index (χ4v) is 2.59. The molecular weight excluding hydrogens is 320 g/mol. The molecule has 2 rings (SSSR count). The molecule has 0 radical (unpaired) electrons. The predicted octanol–water partition coefficient (Wildman–Crippen LogP) is 3.68. The van der Waals surface area contributed by atoms with E-state index in [1.54, 1.807) is 25.3 Å². The van der Waals surface area contributed by atoms with E-state index in [-0.39, 0.29) is 18.0 Å². The zero-order valence-corrected chi connectivity index (χ0v) is 14.9. The number of hydrogen-bond donors (Lipinski definition) is 0. The number of aryl methyl sites for hydroxylation is 1. The van der Waals surface area contributed by atoms with Crippen LogP contribution in [0.25, 0.3) is 0 Å². The Morgan fingerprint density at radius 3 is 2.56 bits per heavy atom. The summed E-state index contributed by atoms with van der Waals surface area (Å²) in [5.41, 5.74) is 2.04. The van der Waals surface area contributed by atoms with Crippen LogP contribution in [0.2, 0.25) is 0 Å². The second-order valence-corrected chi connectivity index (χ2v) is 6.07. The fraction of sp³-hybridized carbons (Fsp3) is 0.368. The number of methoxy groups -OCH3 is 1. The quantitative estimate of drug-likeness (QED) is 0.513. The lowest BCUT2D eigenvalue weighted by Gasteiger charge is -2.13. The first kappa shape index (κ1) is 18.7. The first-order valence-electron chi connectivity index (χ1n) is 8.18. The summed E-state index contributed by atoms with van der Waals surface area (Å²) in [5.74, 6) is 0.975. The van der Waals surface area contributed by atoms with Gasteiger partial charge in [-0.15, -0.1) is 0 Å². The minimum absolute atomic E-state index is 0.0383. The van der Waals surface area contributed by atoms with Crippen LogP contribution in [0.4, 0.5) is 5.69 Å². The van der Waals surface area contributed by atoms with Crippen LogP contribution in [0.1, 0.15) is 17.5 Å². The molecule has 0 atom stereocenters. The van der Waals surface area contributed by atoms with E-state index in [2.05, 4.69) is 19.0 Å². The molecular formula is C19H24N2O4. The van der Waals surface area contributed by atoms with E-state index in [1.807, 2.05) is 18.2 Å². The van der Waals surface area contributed by atoms with Crippen LogP contribution < -0.4 is 9.47 Å². The summed E-state index contributed by atoms with van der Waals surface area (Å²) in [6.45, 7) is 1.24. The van der Waals surface area contributed by atoms with Crippen molar-refractivity contribution in [2.45, 2.75) is 19.4 Å². The Morgan fingerprint density at radius 1 is 1.12 bits per heavy atom. The molecule has 0 aliphatic carbocycles. The van der Waals surface area contributed by atoms with Crippen molar-refractivity contribution >= 4 is 5.69 Å². The Bertz CT molecular complexity index is 716. The Kier molecular flexibility index (Phi) is 6.77. The summed E-state index contributed by atoms with van der Waals surface area (Å²) in [5, 5.41) is 11.1. The van der Waals surface area contributed by atoms with Gasteiger partial charge in [-0.25, -0.2) is 0 Å². The molecule has 25 heavy (non-hydrogen) atoms. The smallest absolute Gasteiger partial charge is 0.310 e. The van der Waals surface area contributed by atoms with Crippen LogP contribution in [-0.4, -0.2) is 37.6 Å². The van der Waals surface area contributed by atoms with E-state index in [1.165, 1.54) is 11.6 Å². The van der Waals surface area contributed by atoms with Crippen molar-refractivity contribution in [3.05, 3.63) is 63.7 Å². The van der Waals surface area contributed by atoms with Crippen molar-refractivity contribution in [3.8, 4) is 11.5 Å². The topological polar surface area (TPSA) is 64.8 Å². The van der Waals surface area contributed by atoms with Gasteiger partial charge < -0.3 is 14.4 Å². The third-order valence-electron chi connectivity index (χ3n) is 3.86. The van der Waals surface area contributed by atoms with Gasteiger partial charge in [-0.2, -0.15) is 0 Å². The van der Waals surface area contributed by atoms with E-state index < -0.39 is 4.92 Å². The maximum absolute atomic E-state index is 11.1. The van der Waals surface area contributed by atoms with Gasteiger partial charge in [0.05, 0.1) is 12.0 Å². The molecule has 0 N–H and O–H groups in total. The van der Waals surface area contributed by atoms with E-state index in [0.29, 0.717) is 0 Å². The van der Waals surface area contributed by atoms with E-state index in [0.717, 1.165) is 30.7 Å². The second kappa shape index (κ2) is 9.03. The molecule has 0 aliphatic heterocycles. The van der Waals surface area contributed by atoms with Crippen LogP contribution >= 0.6 is 0 Å². The summed E-state index contributed by atoms with van der Waals surface area (Å²) < 4.78 is 11.1. The number of nitrogens with zero attached hydrogens (tertiary/aromatic N) is 2. The zero-order chi connectivity index (χ0) is 18.2. The Labute approximate surface area is 148 Å². The molecule has 2 aromatic rings. The van der Waals surface area contributed by atoms with Crippen LogP contribution in [0.3, 0.4) is 0 Å². The molecule has 0 amide bonds. The number of hydrogen-bond acceptors (Lipinski definition) is 5. The number of nitro groups is 1. The van der Waals surface area contributed by atoms with Crippen LogP contribution in [0, 0.1) is 10.1 Å². The van der Waals surface area contributed by atoms with Crippen molar-refractivity contribution in [1.29, 1.82) is 0 Å². The molecule has 0 saturated heterocycles. The fourth-order valence-electron chi connectivity index (χ4n) is 2.59. The molecule has 0 heterocycles. The molecule has 0 spiro atoms. The van der Waals surface area contributed by atoms with Gasteiger partial charge >= 0.3 is 5.69 Å². The minimum Gasteiger partial charge on any atom is -0.496 e. The lowest BCUT2D eigenvalue weighted by Crippen LogP contribution is -2.13. The molecule has 134 valence electrons. The molecule has 2 aromatic carbocycles. The summed E-state index contributed by atoms with van der Waals surface area (Å²) in [7, 11) is 5.72. The normalized spacial score (nSPS) is 10.7. The molecule has 6 nitrogen and oxygen atoms in total. The lowest BCUT2D eigenvalue weighted by molar-refractivity contribution is -0.385. The first-order chi connectivity index (χ1) is 12.0. The van der Waals surface area contributed by atoms with Crippen LogP contribution in [-0.2, 0) is 13.0 Å². The van der Waals surface area contributed by atoms with Gasteiger partial charge in [0, 0.05) is 11.6 Å². The number of para-hydroxylation sites is 2. The SMILES string of the molecule is COc1ccc(CCCN(C)C)cc1COc1ccccc1[N+](=O)[O-]. The maximum atomic E-state index is 11.1. The largest absolute Gasteiger partial charge is 0.496 e. The van der Waals surface area contributed by atoms with Crippen molar-refractivity contribution in [3.63, 3.8) is 0 Å². The van der Waals surface area contributed by atoms with E-state index in [9.17, 15) is 10.1 Å². The highest BCUT2D eigenvalue weighted by molar-refractivity contribution is 5.46. The number of ether oxygens (including phenoxy) is 2. The first-order valence-corrected chi connectivity index (χ1v) is 8.18. The average molecular weight is 344 g/mol. The lowest BCUT2D eigenvalue weighted by atomic mass is 10.1. The van der Waals surface area contributed by atoms with Gasteiger partial charge in [0.2, 0.25) is 0 Å². The standard InChI is InChI=1S/C19H24N2O4/c1-20(2)12-6-7-15-10-11-18(24-3)16(13-15)14-25-19-9-5-4-8-17(19)21(22)23/h4-5,8-11,13H,6-7,12,14H2,1-3H3. The van der Waals surface area contributed by atoms with E-state index in [4.69, 9.17) is 9.47 Å². The zero-order valence-electron chi connectivity index (χ0n) is 14.9. The molecule has 0 aliphatic rings. The van der Waals surface area contributed by atoms with Gasteiger partial charge in [-0.1, -0.05) is 18.2 Å². The molecule has 0 bridgehead atoms. The predicted molar refractivity (Wildman–Crippen MR) is 97.3 cm³/mol. The van der Waals surface area contributed by atoms with Crippen molar-refractivity contribution in [1.82, 2.24) is 4.90 Å². The summed E-state index contributed by atoms with van der Waals surface area (Å²) in [6, 6.07) is 12.4. The molecule has 0 unspecified atom stereocenters. The minimum atomic E-state index is -0.440. The molecule has 6 heteroatoms. The second-order valence-electron chi connectivity index (χ2n) is 6.07. The van der Waals surface area contributed by atoms with Gasteiger partial charge in [0.1, 0.15) is 12.4 Å². The van der Waals surface area contributed by atoms with Gasteiger partial charge in [0.15, 0.2) is 5.75 Å².